The highest BCUT2D eigenvalue weighted by Gasteiger charge is 2.44. The molecular formula is C37H36N8O5S. The number of benzene rings is 4. The van der Waals surface area contributed by atoms with Crippen LogP contribution in [0.4, 0.5) is 0 Å². The first kappa shape index (κ1) is 34.7. The SMILES string of the molecule is Cc1cc(C)cc(C(=O)N(C)[C@@H](Cc2ccc(-c3nnn[nH]3)cc2)C(=O)N([C@@H](Cc2c[nH]c3ccccc23)C(N)=O)S(=O)(=O)c2ccccc2)c1. The van der Waals surface area contributed by atoms with E-state index in [0.717, 1.165) is 22.0 Å². The predicted octanol–water partition coefficient (Wildman–Crippen LogP) is 3.96. The van der Waals surface area contributed by atoms with Crippen molar-refractivity contribution in [3.8, 4) is 11.4 Å². The molecule has 6 rings (SSSR count). The number of amides is 3. The Morgan fingerprint density at radius 3 is 2.16 bits per heavy atom. The minimum absolute atomic E-state index is 0.0970. The molecule has 6 aromatic rings. The van der Waals surface area contributed by atoms with Crippen molar-refractivity contribution in [1.82, 2.24) is 34.8 Å². The molecule has 0 radical (unpaired) electrons. The van der Waals surface area contributed by atoms with Crippen molar-refractivity contribution in [3.05, 3.63) is 131 Å². The predicted molar refractivity (Wildman–Crippen MR) is 191 cm³/mol. The lowest BCUT2D eigenvalue weighted by molar-refractivity contribution is -0.137. The number of nitrogens with one attached hydrogen (secondary N) is 2. The van der Waals surface area contributed by atoms with Gasteiger partial charge in [0, 0.05) is 48.1 Å². The second-order valence-corrected chi connectivity index (χ2v) is 14.2. The summed E-state index contributed by atoms with van der Waals surface area (Å²) in [5.41, 5.74) is 10.6. The molecule has 13 nitrogen and oxygen atoms in total. The molecule has 2 aromatic heterocycles. The first-order chi connectivity index (χ1) is 24.4. The van der Waals surface area contributed by atoms with Gasteiger partial charge in [-0.15, -0.1) is 5.10 Å². The van der Waals surface area contributed by atoms with E-state index in [2.05, 4.69) is 25.6 Å². The molecule has 0 aliphatic carbocycles. The number of sulfonamides is 1. The van der Waals surface area contributed by atoms with E-state index < -0.39 is 39.8 Å². The first-order valence-corrected chi connectivity index (χ1v) is 17.5. The summed E-state index contributed by atoms with van der Waals surface area (Å²) in [7, 11) is -3.26. The molecule has 0 saturated heterocycles. The average molecular weight is 705 g/mol. The average Bonchev–Trinajstić information content (AvgIpc) is 3.81. The van der Waals surface area contributed by atoms with Crippen molar-refractivity contribution in [2.24, 2.45) is 5.73 Å². The van der Waals surface area contributed by atoms with E-state index in [-0.39, 0.29) is 17.7 Å². The molecule has 3 amide bonds. The van der Waals surface area contributed by atoms with Gasteiger partial charge in [-0.2, -0.15) is 0 Å². The third kappa shape index (κ3) is 7.26. The van der Waals surface area contributed by atoms with E-state index in [9.17, 15) is 18.0 Å². The molecule has 2 heterocycles. The monoisotopic (exact) mass is 704 g/mol. The largest absolute Gasteiger partial charge is 0.368 e. The number of rotatable bonds is 12. The second-order valence-electron chi connectivity index (χ2n) is 12.4. The first-order valence-electron chi connectivity index (χ1n) is 16.1. The molecule has 0 fully saturated rings. The maximum atomic E-state index is 15.1. The number of aromatic amines is 2. The van der Waals surface area contributed by atoms with Crippen LogP contribution in [-0.2, 0) is 32.5 Å². The number of hydrogen-bond acceptors (Lipinski definition) is 8. The molecule has 4 N–H and O–H groups in total. The van der Waals surface area contributed by atoms with Crippen LogP contribution in [0, 0.1) is 13.8 Å². The van der Waals surface area contributed by atoms with Gasteiger partial charge in [0.05, 0.1) is 4.90 Å². The maximum Gasteiger partial charge on any atom is 0.267 e. The van der Waals surface area contributed by atoms with E-state index in [0.29, 0.717) is 32.4 Å². The van der Waals surface area contributed by atoms with Gasteiger partial charge in [-0.1, -0.05) is 77.9 Å². The van der Waals surface area contributed by atoms with Crippen molar-refractivity contribution in [2.45, 2.75) is 43.7 Å². The van der Waals surface area contributed by atoms with E-state index in [1.807, 2.05) is 44.2 Å². The summed E-state index contributed by atoms with van der Waals surface area (Å²) < 4.78 is 29.7. The zero-order chi connectivity index (χ0) is 36.3. The Labute approximate surface area is 294 Å². The highest BCUT2D eigenvalue weighted by atomic mass is 32.2. The Morgan fingerprint density at radius 2 is 1.51 bits per heavy atom. The summed E-state index contributed by atoms with van der Waals surface area (Å²) in [6, 6.07) is 23.9. The summed E-state index contributed by atoms with van der Waals surface area (Å²) in [4.78, 5) is 46.7. The van der Waals surface area contributed by atoms with Gasteiger partial charge in [0.15, 0.2) is 5.82 Å². The third-order valence-corrected chi connectivity index (χ3v) is 10.6. The molecule has 260 valence electrons. The number of carbonyl (C=O) groups is 3. The van der Waals surface area contributed by atoms with Gasteiger partial charge >= 0.3 is 0 Å². The van der Waals surface area contributed by atoms with Gasteiger partial charge in [0.1, 0.15) is 12.1 Å². The molecule has 0 saturated carbocycles. The molecule has 0 aliphatic rings. The zero-order valence-corrected chi connectivity index (χ0v) is 29.0. The van der Waals surface area contributed by atoms with Gasteiger partial charge in [-0.3, -0.25) is 14.4 Å². The Kier molecular flexibility index (Phi) is 9.78. The van der Waals surface area contributed by atoms with Crippen LogP contribution in [0.1, 0.15) is 32.6 Å². The Hall–Kier alpha value is -6.15. The number of para-hydroxylation sites is 1. The van der Waals surface area contributed by atoms with Crippen molar-refractivity contribution in [2.75, 3.05) is 7.05 Å². The zero-order valence-electron chi connectivity index (χ0n) is 28.1. The summed E-state index contributed by atoms with van der Waals surface area (Å²) in [5.74, 6) is -2.10. The number of H-pyrrole nitrogens is 2. The number of aryl methyl sites for hydroxylation is 2. The summed E-state index contributed by atoms with van der Waals surface area (Å²) >= 11 is 0. The van der Waals surface area contributed by atoms with Crippen molar-refractivity contribution in [3.63, 3.8) is 0 Å². The minimum Gasteiger partial charge on any atom is -0.368 e. The number of nitrogens with two attached hydrogens (primary N) is 1. The van der Waals surface area contributed by atoms with Gasteiger partial charge in [-0.05, 0) is 65.7 Å². The molecule has 4 aromatic carbocycles. The minimum atomic E-state index is -4.70. The Balaban J connectivity index is 1.47. The number of aromatic nitrogens is 5. The number of carbonyl (C=O) groups excluding carboxylic acids is 3. The van der Waals surface area contributed by atoms with E-state index >= 15 is 4.79 Å². The van der Waals surface area contributed by atoms with Crippen molar-refractivity contribution < 1.29 is 22.8 Å². The molecule has 2 atom stereocenters. The fraction of sp³-hybridized carbons (Fsp3) is 0.189. The molecule has 14 heteroatoms. The molecule has 0 unspecified atom stereocenters. The lowest BCUT2D eigenvalue weighted by Gasteiger charge is -2.35. The van der Waals surface area contributed by atoms with Crippen molar-refractivity contribution >= 4 is 38.6 Å². The fourth-order valence-electron chi connectivity index (χ4n) is 6.24. The quantitative estimate of drug-likeness (QED) is 0.171. The molecular weight excluding hydrogens is 669 g/mol. The van der Waals surface area contributed by atoms with Crippen LogP contribution >= 0.6 is 0 Å². The smallest absolute Gasteiger partial charge is 0.267 e. The van der Waals surface area contributed by atoms with Crippen LogP contribution < -0.4 is 5.73 Å². The number of tetrazole rings is 1. The summed E-state index contributed by atoms with van der Waals surface area (Å²) in [6.45, 7) is 3.71. The number of hydrogen-bond donors (Lipinski definition) is 3. The molecule has 0 bridgehead atoms. The van der Waals surface area contributed by atoms with Gasteiger partial charge in [0.25, 0.3) is 21.8 Å². The third-order valence-electron chi connectivity index (χ3n) is 8.76. The van der Waals surface area contributed by atoms with E-state index in [1.54, 1.807) is 48.7 Å². The standard InChI is InChI=1S/C37H36N8O5S/c1-23-17-24(2)19-27(18-23)36(47)44(3)33(20-25-13-15-26(16-14-25)35-40-42-43-41-35)37(48)45(51(49,50)29-9-5-4-6-10-29)32(34(38)46)21-28-22-39-31-12-8-7-11-30(28)31/h4-19,22,32-33,39H,20-21H2,1-3H3,(H2,38,46)(H,40,41,42,43)/t32-,33-/m0/s1. The van der Waals surface area contributed by atoms with Gasteiger partial charge < -0.3 is 15.6 Å². The molecule has 0 aliphatic heterocycles. The Bertz CT molecular complexity index is 2290. The fourth-order valence-corrected chi connectivity index (χ4v) is 7.84. The highest BCUT2D eigenvalue weighted by Crippen LogP contribution is 2.28. The van der Waals surface area contributed by atoms with Crippen LogP contribution in [-0.4, -0.2) is 80.1 Å². The van der Waals surface area contributed by atoms with Gasteiger partial charge in [-0.25, -0.2) is 17.8 Å². The van der Waals surface area contributed by atoms with Crippen LogP contribution in [0.3, 0.4) is 0 Å². The van der Waals surface area contributed by atoms with E-state index in [4.69, 9.17) is 5.73 Å². The van der Waals surface area contributed by atoms with Crippen LogP contribution in [0.2, 0.25) is 0 Å². The number of primary amides is 1. The summed E-state index contributed by atoms with van der Waals surface area (Å²) in [5, 5.41) is 14.6. The van der Waals surface area contributed by atoms with Crippen molar-refractivity contribution in [1.29, 1.82) is 0 Å². The van der Waals surface area contributed by atoms with Crippen LogP contribution in [0.25, 0.3) is 22.3 Å². The van der Waals surface area contributed by atoms with E-state index in [1.165, 1.54) is 36.2 Å². The van der Waals surface area contributed by atoms with Crippen LogP contribution in [0.15, 0.2) is 108 Å². The number of nitrogens with zero attached hydrogens (tertiary/aromatic N) is 5. The second kappa shape index (κ2) is 14.4. The van der Waals surface area contributed by atoms with Gasteiger partial charge in [0.2, 0.25) is 5.91 Å². The topological polar surface area (TPSA) is 188 Å². The lowest BCUT2D eigenvalue weighted by atomic mass is 9.99. The van der Waals surface area contributed by atoms with Crippen LogP contribution in [0.5, 0.6) is 0 Å². The summed E-state index contributed by atoms with van der Waals surface area (Å²) in [6.07, 6.45) is 1.36. The number of likely N-dealkylation sites (N-methyl/N-ethyl adjacent to an activating group) is 1. The lowest BCUT2D eigenvalue weighted by Crippen LogP contribution is -2.58. The number of fused-ring (bicyclic) bond motifs is 1. The molecule has 0 spiro atoms. The molecule has 51 heavy (non-hydrogen) atoms. The maximum absolute atomic E-state index is 15.1. The normalized spacial score (nSPS) is 12.7. The Morgan fingerprint density at radius 1 is 0.843 bits per heavy atom. The highest BCUT2D eigenvalue weighted by molar-refractivity contribution is 7.89.